The first kappa shape index (κ1) is 14.8. The molecule has 0 saturated carbocycles. The first-order valence-electron chi connectivity index (χ1n) is 5.96. The van der Waals surface area contributed by atoms with Crippen molar-refractivity contribution in [2.24, 2.45) is 0 Å². The quantitative estimate of drug-likeness (QED) is 0.454. The monoisotopic (exact) mass is 218 g/mol. The number of hydrogen-bond acceptors (Lipinski definition) is 4. The van der Waals surface area contributed by atoms with Gasteiger partial charge in [-0.15, -0.1) is 0 Å². The number of unbranched alkanes of at least 4 members (excludes halogenated alkanes) is 1. The molecule has 4 nitrogen and oxygen atoms in total. The van der Waals surface area contributed by atoms with Crippen LogP contribution in [0.4, 0.5) is 0 Å². The summed E-state index contributed by atoms with van der Waals surface area (Å²) in [4.78, 5) is 2.21. The summed E-state index contributed by atoms with van der Waals surface area (Å²) in [7, 11) is 0. The molecule has 15 heavy (non-hydrogen) atoms. The van der Waals surface area contributed by atoms with Crippen LogP contribution in [0.5, 0.6) is 0 Å². The van der Waals surface area contributed by atoms with Crippen molar-refractivity contribution < 1.29 is 10.2 Å². The Balaban J connectivity index is 3.35. The Morgan fingerprint density at radius 3 is 2.40 bits per heavy atom. The van der Waals surface area contributed by atoms with Crippen LogP contribution in [-0.4, -0.2) is 60.5 Å². The van der Waals surface area contributed by atoms with Crippen LogP contribution in [0.2, 0.25) is 0 Å². The van der Waals surface area contributed by atoms with E-state index in [9.17, 15) is 5.11 Å². The third-order valence-electron chi connectivity index (χ3n) is 2.51. The molecule has 0 aliphatic rings. The molecule has 0 saturated heterocycles. The molecule has 0 aromatic heterocycles. The van der Waals surface area contributed by atoms with E-state index in [2.05, 4.69) is 24.1 Å². The van der Waals surface area contributed by atoms with Crippen molar-refractivity contribution in [2.45, 2.75) is 32.8 Å². The Hall–Kier alpha value is -0.160. The maximum atomic E-state index is 9.68. The molecule has 0 rings (SSSR count). The smallest absolute Gasteiger partial charge is 0.0791 e. The summed E-state index contributed by atoms with van der Waals surface area (Å²) in [5, 5.41) is 21.4. The Morgan fingerprint density at radius 1 is 1.20 bits per heavy atom. The molecule has 1 atom stereocenters. The number of rotatable bonds is 10. The van der Waals surface area contributed by atoms with Crippen LogP contribution in [-0.2, 0) is 0 Å². The summed E-state index contributed by atoms with van der Waals surface area (Å²) in [6, 6.07) is 0. The molecule has 1 unspecified atom stereocenters. The van der Waals surface area contributed by atoms with Gasteiger partial charge in [0.1, 0.15) is 0 Å². The van der Waals surface area contributed by atoms with Gasteiger partial charge in [0.15, 0.2) is 0 Å². The number of likely N-dealkylation sites (N-methyl/N-ethyl adjacent to an activating group) is 1. The molecular formula is C11H26N2O2. The van der Waals surface area contributed by atoms with E-state index in [4.69, 9.17) is 5.11 Å². The maximum Gasteiger partial charge on any atom is 0.0791 e. The Labute approximate surface area is 93.3 Å². The van der Waals surface area contributed by atoms with Crippen molar-refractivity contribution in [3.05, 3.63) is 0 Å². The zero-order valence-electron chi connectivity index (χ0n) is 10.1. The van der Waals surface area contributed by atoms with Gasteiger partial charge >= 0.3 is 0 Å². The Bertz CT molecular complexity index is 130. The lowest BCUT2D eigenvalue weighted by molar-refractivity contribution is 0.117. The molecule has 0 aliphatic heterocycles. The van der Waals surface area contributed by atoms with Crippen LogP contribution in [0, 0.1) is 0 Å². The summed E-state index contributed by atoms with van der Waals surface area (Å²) in [5.74, 6) is 0. The lowest BCUT2D eigenvalue weighted by Crippen LogP contribution is -2.38. The maximum absolute atomic E-state index is 9.68. The van der Waals surface area contributed by atoms with Gasteiger partial charge in [-0.3, -0.25) is 0 Å². The predicted molar refractivity (Wildman–Crippen MR) is 63.0 cm³/mol. The third kappa shape index (κ3) is 8.81. The molecule has 0 spiro atoms. The highest BCUT2D eigenvalue weighted by atomic mass is 16.3. The number of aliphatic hydroxyl groups is 2. The zero-order chi connectivity index (χ0) is 11.5. The second kappa shape index (κ2) is 10.4. The van der Waals surface area contributed by atoms with Gasteiger partial charge in [-0.05, 0) is 32.5 Å². The minimum absolute atomic E-state index is 0.254. The summed E-state index contributed by atoms with van der Waals surface area (Å²) in [6.45, 7) is 8.67. The van der Waals surface area contributed by atoms with E-state index in [1.165, 1.54) is 0 Å². The van der Waals surface area contributed by atoms with Crippen LogP contribution in [0.15, 0.2) is 0 Å². The van der Waals surface area contributed by atoms with E-state index in [1.54, 1.807) is 0 Å². The van der Waals surface area contributed by atoms with Crippen molar-refractivity contribution in [3.63, 3.8) is 0 Å². The first-order chi connectivity index (χ1) is 7.24. The van der Waals surface area contributed by atoms with Crippen LogP contribution in [0.1, 0.15) is 26.7 Å². The highest BCUT2D eigenvalue weighted by Crippen LogP contribution is 1.91. The van der Waals surface area contributed by atoms with E-state index in [0.717, 1.165) is 39.0 Å². The fourth-order valence-electron chi connectivity index (χ4n) is 1.47. The molecule has 0 heterocycles. The fraction of sp³-hybridized carbons (Fsp3) is 1.00. The van der Waals surface area contributed by atoms with Gasteiger partial charge in [0, 0.05) is 19.7 Å². The molecule has 0 bridgehead atoms. The fourth-order valence-corrected chi connectivity index (χ4v) is 1.47. The average Bonchev–Trinajstić information content (AvgIpc) is 2.25. The second-order valence-corrected chi connectivity index (χ2v) is 3.77. The van der Waals surface area contributed by atoms with Crippen LogP contribution in [0.3, 0.4) is 0 Å². The van der Waals surface area contributed by atoms with Gasteiger partial charge in [-0.2, -0.15) is 0 Å². The van der Waals surface area contributed by atoms with Crippen molar-refractivity contribution >= 4 is 0 Å². The van der Waals surface area contributed by atoms with Gasteiger partial charge in [0.25, 0.3) is 0 Å². The number of nitrogens with zero attached hydrogens (tertiary/aromatic N) is 1. The summed E-state index contributed by atoms with van der Waals surface area (Å²) in [6.07, 6.45) is 1.51. The SMILES string of the molecule is CCN(CC)CC(O)CNCCCCO. The molecule has 0 radical (unpaired) electrons. The Morgan fingerprint density at radius 2 is 1.87 bits per heavy atom. The van der Waals surface area contributed by atoms with Crippen molar-refractivity contribution in [1.82, 2.24) is 10.2 Å². The highest BCUT2D eigenvalue weighted by molar-refractivity contribution is 4.65. The predicted octanol–water partition coefficient (Wildman–Crippen LogP) is 0.0512. The van der Waals surface area contributed by atoms with Crippen molar-refractivity contribution in [1.29, 1.82) is 0 Å². The first-order valence-corrected chi connectivity index (χ1v) is 5.96. The molecule has 0 amide bonds. The van der Waals surface area contributed by atoms with E-state index >= 15 is 0 Å². The topological polar surface area (TPSA) is 55.7 Å². The van der Waals surface area contributed by atoms with Gasteiger partial charge in [0.05, 0.1) is 6.10 Å². The van der Waals surface area contributed by atoms with Gasteiger partial charge < -0.3 is 20.4 Å². The summed E-state index contributed by atoms with van der Waals surface area (Å²) < 4.78 is 0. The van der Waals surface area contributed by atoms with Gasteiger partial charge in [0.2, 0.25) is 0 Å². The molecule has 0 aromatic rings. The third-order valence-corrected chi connectivity index (χ3v) is 2.51. The standard InChI is InChI=1S/C11H26N2O2/c1-3-13(4-2)10-11(15)9-12-7-5-6-8-14/h11-12,14-15H,3-10H2,1-2H3. The minimum atomic E-state index is -0.293. The van der Waals surface area contributed by atoms with Crippen LogP contribution >= 0.6 is 0 Å². The Kier molecular flexibility index (Phi) is 10.3. The van der Waals surface area contributed by atoms with Crippen LogP contribution < -0.4 is 5.32 Å². The zero-order valence-corrected chi connectivity index (χ0v) is 10.1. The summed E-state index contributed by atoms with van der Waals surface area (Å²) in [5.41, 5.74) is 0. The molecule has 0 fully saturated rings. The number of nitrogens with one attached hydrogen (secondary N) is 1. The van der Waals surface area contributed by atoms with Crippen molar-refractivity contribution in [2.75, 3.05) is 39.3 Å². The lowest BCUT2D eigenvalue weighted by atomic mass is 10.3. The average molecular weight is 218 g/mol. The van der Waals surface area contributed by atoms with E-state index < -0.39 is 0 Å². The van der Waals surface area contributed by atoms with Crippen molar-refractivity contribution in [3.8, 4) is 0 Å². The molecule has 92 valence electrons. The normalized spacial score (nSPS) is 13.4. The minimum Gasteiger partial charge on any atom is -0.396 e. The number of hydrogen-bond donors (Lipinski definition) is 3. The van der Waals surface area contributed by atoms with Gasteiger partial charge in [-0.1, -0.05) is 13.8 Å². The molecule has 0 aromatic carbocycles. The highest BCUT2D eigenvalue weighted by Gasteiger charge is 2.07. The number of aliphatic hydroxyl groups excluding tert-OH is 2. The second-order valence-electron chi connectivity index (χ2n) is 3.77. The van der Waals surface area contributed by atoms with E-state index in [0.29, 0.717) is 6.54 Å². The molecular weight excluding hydrogens is 192 g/mol. The molecule has 0 aliphatic carbocycles. The van der Waals surface area contributed by atoms with E-state index in [1.807, 2.05) is 0 Å². The largest absolute Gasteiger partial charge is 0.396 e. The van der Waals surface area contributed by atoms with Gasteiger partial charge in [-0.25, -0.2) is 0 Å². The van der Waals surface area contributed by atoms with Crippen LogP contribution in [0.25, 0.3) is 0 Å². The molecule has 3 N–H and O–H groups in total. The molecule has 4 heteroatoms. The van der Waals surface area contributed by atoms with E-state index in [-0.39, 0.29) is 12.7 Å². The summed E-state index contributed by atoms with van der Waals surface area (Å²) >= 11 is 0. The lowest BCUT2D eigenvalue weighted by Gasteiger charge is -2.22.